The second kappa shape index (κ2) is 20.1. The van der Waals surface area contributed by atoms with E-state index in [0.29, 0.717) is 0 Å². The number of benzene rings is 9. The molecule has 0 aliphatic heterocycles. The van der Waals surface area contributed by atoms with Gasteiger partial charge in [0.25, 0.3) is 0 Å². The molecule has 0 radical (unpaired) electrons. The highest BCUT2D eigenvalue weighted by molar-refractivity contribution is 7.20. The van der Waals surface area contributed by atoms with Gasteiger partial charge in [0.2, 0.25) is 5.52 Å². The predicted molar refractivity (Wildman–Crippen MR) is 240 cm³/mol. The van der Waals surface area contributed by atoms with Crippen LogP contribution in [0.4, 0.5) is 87.8 Å². The zero-order valence-electron chi connectivity index (χ0n) is 37.7. The van der Waals surface area contributed by atoms with Crippen molar-refractivity contribution in [3.05, 3.63) is 243 Å². The Bertz CT molecular complexity index is 3630. The van der Waals surface area contributed by atoms with E-state index in [-0.39, 0.29) is 0 Å². The first-order valence-electron chi connectivity index (χ1n) is 21.8. The van der Waals surface area contributed by atoms with Gasteiger partial charge in [0.05, 0.1) is 6.07 Å². The van der Waals surface area contributed by atoms with Crippen LogP contribution in [0.5, 0.6) is 11.6 Å². The van der Waals surface area contributed by atoms with Crippen LogP contribution < -0.4 is 31.2 Å². The molecular formula is C54H22BF20NO. The molecule has 1 aromatic heterocycles. The predicted octanol–water partition coefficient (Wildman–Crippen LogP) is 13.1. The van der Waals surface area contributed by atoms with Crippen molar-refractivity contribution in [2.45, 2.75) is 6.54 Å². The fourth-order valence-electron chi connectivity index (χ4n) is 9.32. The van der Waals surface area contributed by atoms with Gasteiger partial charge >= 0.3 is 5.88 Å². The number of para-hydroxylation sites is 1. The summed E-state index contributed by atoms with van der Waals surface area (Å²) in [5, 5.41) is 5.78. The number of ether oxygens (including phenoxy) is 1. The minimum Gasteiger partial charge on any atom is -0.404 e. The Morgan fingerprint density at radius 1 is 0.299 bits per heavy atom. The third-order valence-corrected chi connectivity index (χ3v) is 12.7. The van der Waals surface area contributed by atoms with Gasteiger partial charge in [-0.2, -0.15) is 4.57 Å². The first kappa shape index (κ1) is 53.2. The van der Waals surface area contributed by atoms with E-state index in [9.17, 15) is 52.7 Å². The van der Waals surface area contributed by atoms with Gasteiger partial charge < -0.3 is 4.74 Å². The van der Waals surface area contributed by atoms with E-state index in [1.807, 2.05) is 0 Å². The molecule has 77 heavy (non-hydrogen) atoms. The maximum absolute atomic E-state index is 15.4. The number of hydrogen-bond donors (Lipinski definition) is 0. The minimum atomic E-state index is -7.22. The minimum absolute atomic E-state index is 0.736. The summed E-state index contributed by atoms with van der Waals surface area (Å²) >= 11 is 0. The van der Waals surface area contributed by atoms with Crippen molar-refractivity contribution in [1.29, 1.82) is 0 Å². The molecule has 10 rings (SSSR count). The lowest BCUT2D eigenvalue weighted by Crippen LogP contribution is -2.81. The third kappa shape index (κ3) is 8.38. The molecule has 392 valence electrons. The van der Waals surface area contributed by atoms with E-state index in [2.05, 4.69) is 126 Å². The van der Waals surface area contributed by atoms with Crippen LogP contribution in [-0.2, 0) is 6.54 Å². The second-order valence-electron chi connectivity index (χ2n) is 16.9. The van der Waals surface area contributed by atoms with E-state index >= 15 is 35.1 Å². The van der Waals surface area contributed by atoms with Gasteiger partial charge in [-0.3, -0.25) is 0 Å². The van der Waals surface area contributed by atoms with E-state index in [0.717, 1.165) is 34.5 Å². The summed E-state index contributed by atoms with van der Waals surface area (Å²) in [7, 11) is 0. The lowest BCUT2D eigenvalue weighted by Gasteiger charge is -2.44. The number of fused-ring (bicyclic) bond motifs is 3. The molecular weight excluding hydrogens is 1070 g/mol. The maximum Gasteiger partial charge on any atom is 0.374 e. The molecule has 0 fully saturated rings. The number of aromatic nitrogens is 1. The van der Waals surface area contributed by atoms with Crippen molar-refractivity contribution in [3.8, 4) is 11.6 Å². The Morgan fingerprint density at radius 2 is 0.597 bits per heavy atom. The second-order valence-corrected chi connectivity index (χ2v) is 16.9. The molecule has 23 heteroatoms. The quantitative estimate of drug-likeness (QED) is 0.0369. The Balaban J connectivity index is 0.000000197. The number of pyridine rings is 1. The molecule has 0 atom stereocenters. The van der Waals surface area contributed by atoms with E-state index in [4.69, 9.17) is 4.74 Å². The molecule has 0 saturated carbocycles. The van der Waals surface area contributed by atoms with Crippen molar-refractivity contribution in [3.63, 3.8) is 0 Å². The smallest absolute Gasteiger partial charge is 0.374 e. The highest BCUT2D eigenvalue weighted by Gasteiger charge is 2.52. The van der Waals surface area contributed by atoms with Crippen LogP contribution in [0.2, 0.25) is 0 Å². The fourth-order valence-corrected chi connectivity index (χ4v) is 9.32. The molecule has 10 aromatic rings. The van der Waals surface area contributed by atoms with Gasteiger partial charge in [-0.1, -0.05) is 91.0 Å². The van der Waals surface area contributed by atoms with Crippen LogP contribution in [0.1, 0.15) is 5.56 Å². The summed E-state index contributed by atoms with van der Waals surface area (Å²) in [5.41, 5.74) is -11.9. The monoisotopic (exact) mass is 1090 g/mol. The Morgan fingerprint density at radius 3 is 0.961 bits per heavy atom. The fraction of sp³-hybridized carbons (Fsp3) is 0.0185. The average Bonchev–Trinajstić information content (AvgIpc) is 3.58. The van der Waals surface area contributed by atoms with E-state index < -0.39 is 144 Å². The van der Waals surface area contributed by atoms with E-state index in [1.54, 1.807) is 0 Å². The SMILES string of the molecule is Fc1c(F)c(F)c([B-](c2c(F)c(F)c(F)c(F)c2F)(c2c(F)c(F)c(F)c(F)c2F)c2c(F)c(F)c(F)c(F)c2F)c(F)c1F.c1ccc(C[n+]2c(Oc3c4ccccc4cc4ccccc34)ccc3ccccc32)cc1. The molecule has 2 nitrogen and oxygen atoms in total. The molecule has 9 aromatic carbocycles. The topological polar surface area (TPSA) is 13.1 Å². The van der Waals surface area contributed by atoms with Crippen molar-refractivity contribution >= 4 is 60.4 Å². The van der Waals surface area contributed by atoms with Crippen LogP contribution in [-0.4, -0.2) is 6.15 Å². The molecule has 0 unspecified atom stereocenters. The Labute approximate surface area is 418 Å². The van der Waals surface area contributed by atoms with Crippen LogP contribution in [0, 0.1) is 116 Å². The lowest BCUT2D eigenvalue weighted by molar-refractivity contribution is -0.666. The molecule has 0 aliphatic rings. The molecule has 0 bridgehead atoms. The first-order valence-corrected chi connectivity index (χ1v) is 21.8. The number of nitrogens with zero attached hydrogens (tertiary/aromatic N) is 1. The molecule has 0 aliphatic carbocycles. The van der Waals surface area contributed by atoms with Gasteiger partial charge in [0.1, 0.15) is 58.4 Å². The Kier molecular flexibility index (Phi) is 13.9. The van der Waals surface area contributed by atoms with Crippen LogP contribution in [0.25, 0.3) is 32.4 Å². The first-order chi connectivity index (χ1) is 36.6. The van der Waals surface area contributed by atoms with Crippen molar-refractivity contribution < 1.29 is 97.1 Å². The van der Waals surface area contributed by atoms with Gasteiger partial charge in [0, 0.05) is 27.8 Å². The molecule has 1 heterocycles. The average molecular weight is 1090 g/mol. The third-order valence-electron chi connectivity index (χ3n) is 12.7. The maximum atomic E-state index is 15.4. The van der Waals surface area contributed by atoms with Crippen molar-refractivity contribution in [2.24, 2.45) is 0 Å². The van der Waals surface area contributed by atoms with Crippen LogP contribution in [0.3, 0.4) is 0 Å². The van der Waals surface area contributed by atoms with Crippen molar-refractivity contribution in [1.82, 2.24) is 0 Å². The standard InChI is InChI=1S/C30H22NO.C24BF20/c1-2-10-22(11-3-1)21-31-28-17-9-6-12-23(28)18-19-29(31)32-30-26-15-7-4-13-24(26)20-25-14-5-8-16-27(25)30;26-5-1(6(27)14(35)21(42)13(5)34)25(2-7(28)15(36)22(43)16(37)8(2)29,3-9(30)17(38)23(44)18(39)10(3)31)4-11(32)19(40)24(45)20(41)12(4)33/h1-20H,21H2;/q+1;-1. The largest absolute Gasteiger partial charge is 0.404 e. The normalized spacial score (nSPS) is 11.7. The highest BCUT2D eigenvalue weighted by atomic mass is 19.2. The highest BCUT2D eigenvalue weighted by Crippen LogP contribution is 2.38. The summed E-state index contributed by atoms with van der Waals surface area (Å²) in [6.45, 7) is 0.736. The van der Waals surface area contributed by atoms with Gasteiger partial charge in [-0.25, -0.2) is 87.8 Å². The number of halogens is 20. The Hall–Kier alpha value is -8.63. The van der Waals surface area contributed by atoms with E-state index in [1.165, 1.54) is 21.7 Å². The molecule has 0 saturated heterocycles. The van der Waals surface area contributed by atoms with Gasteiger partial charge in [-0.05, 0) is 29.0 Å². The zero-order valence-corrected chi connectivity index (χ0v) is 37.7. The van der Waals surface area contributed by atoms with Gasteiger partial charge in [0.15, 0.2) is 76.4 Å². The van der Waals surface area contributed by atoms with Gasteiger partial charge in [-0.15, -0.1) is 21.9 Å². The summed E-state index contributed by atoms with van der Waals surface area (Å²) in [6.07, 6.45) is -7.22. The summed E-state index contributed by atoms with van der Waals surface area (Å²) in [4.78, 5) is 0. The molecule has 0 N–H and O–H groups in total. The lowest BCUT2D eigenvalue weighted by atomic mass is 9.12. The van der Waals surface area contributed by atoms with Crippen LogP contribution >= 0.6 is 0 Å². The molecule has 0 spiro atoms. The zero-order chi connectivity index (χ0) is 55.7. The summed E-state index contributed by atoms with van der Waals surface area (Å²) in [5.74, 6) is -69.7. The summed E-state index contributed by atoms with van der Waals surface area (Å²) in [6, 6.07) is 42.3. The molecule has 0 amide bonds. The van der Waals surface area contributed by atoms with Crippen LogP contribution in [0.15, 0.2) is 121 Å². The van der Waals surface area contributed by atoms with Crippen molar-refractivity contribution in [2.75, 3.05) is 0 Å². The number of rotatable bonds is 8. The number of hydrogen-bond acceptors (Lipinski definition) is 1. The summed E-state index contributed by atoms with van der Waals surface area (Å²) < 4.78 is 303.